The predicted octanol–water partition coefficient (Wildman–Crippen LogP) is 7.47. The van der Waals surface area contributed by atoms with Gasteiger partial charge in [-0.2, -0.15) is 0 Å². The molecule has 0 aromatic heterocycles. The van der Waals surface area contributed by atoms with E-state index in [4.69, 9.17) is 4.74 Å². The summed E-state index contributed by atoms with van der Waals surface area (Å²) in [4.78, 5) is 27.8. The molecule has 0 radical (unpaired) electrons. The first kappa shape index (κ1) is 32.0. The molecule has 0 bridgehead atoms. The predicted molar refractivity (Wildman–Crippen MR) is 164 cm³/mol. The molecule has 2 aromatic rings. The van der Waals surface area contributed by atoms with Crippen molar-refractivity contribution in [2.24, 2.45) is 0 Å². The molecule has 2 unspecified atom stereocenters. The first-order valence-electron chi connectivity index (χ1n) is 14.7. The number of nitrogens with zero attached hydrogens (tertiary/aromatic N) is 1. The van der Waals surface area contributed by atoms with E-state index in [2.05, 4.69) is 65.1 Å². The third kappa shape index (κ3) is 7.39. The van der Waals surface area contributed by atoms with Crippen molar-refractivity contribution < 1.29 is 18.7 Å². The lowest BCUT2D eigenvalue weighted by molar-refractivity contribution is -0.124. The van der Waals surface area contributed by atoms with Crippen LogP contribution in [0.1, 0.15) is 102 Å². The van der Waals surface area contributed by atoms with Crippen LogP contribution in [-0.2, 0) is 15.6 Å². The van der Waals surface area contributed by atoms with Crippen LogP contribution >= 0.6 is 11.8 Å². The van der Waals surface area contributed by atoms with Crippen LogP contribution in [0, 0.1) is 5.82 Å². The quantitative estimate of drug-likeness (QED) is 0.254. The second-order valence-electron chi connectivity index (χ2n) is 11.9. The van der Waals surface area contributed by atoms with Crippen LogP contribution in [0.2, 0.25) is 0 Å². The lowest BCUT2D eigenvalue weighted by Gasteiger charge is -2.30. The normalized spacial score (nSPS) is 17.6. The summed E-state index contributed by atoms with van der Waals surface area (Å²) in [6.07, 6.45) is 4.33. The van der Waals surface area contributed by atoms with Gasteiger partial charge in [-0.1, -0.05) is 72.7 Å². The molecular weight excluding hydrogens is 523 g/mol. The van der Waals surface area contributed by atoms with Crippen molar-refractivity contribution in [2.45, 2.75) is 103 Å². The third-order valence-electron chi connectivity index (χ3n) is 8.47. The Kier molecular flexibility index (Phi) is 11.1. The van der Waals surface area contributed by atoms with Gasteiger partial charge in [0.25, 0.3) is 5.91 Å². The third-order valence-corrected chi connectivity index (χ3v) is 9.92. The molecule has 1 fully saturated rings. The van der Waals surface area contributed by atoms with Crippen LogP contribution < -0.4 is 10.1 Å². The van der Waals surface area contributed by atoms with E-state index >= 15 is 0 Å². The number of amides is 2. The van der Waals surface area contributed by atoms with E-state index in [9.17, 15) is 14.0 Å². The number of hydrogen-bond donors (Lipinski definition) is 1. The molecule has 40 heavy (non-hydrogen) atoms. The molecule has 220 valence electrons. The Hall–Kier alpha value is -2.54. The van der Waals surface area contributed by atoms with E-state index in [0.717, 1.165) is 31.4 Å². The van der Waals surface area contributed by atoms with Gasteiger partial charge in [0.15, 0.2) is 0 Å². The van der Waals surface area contributed by atoms with E-state index in [0.29, 0.717) is 25.3 Å². The molecule has 1 aliphatic rings. The molecule has 5 nitrogen and oxygen atoms in total. The first-order valence-corrected chi connectivity index (χ1v) is 15.8. The fourth-order valence-electron chi connectivity index (χ4n) is 4.86. The topological polar surface area (TPSA) is 58.6 Å². The minimum atomic E-state index is -0.608. The fourth-order valence-corrected chi connectivity index (χ4v) is 6.22. The average Bonchev–Trinajstić information content (AvgIpc) is 3.39. The van der Waals surface area contributed by atoms with E-state index in [1.807, 2.05) is 6.92 Å². The number of ether oxygens (including phenoxy) is 1. The minimum absolute atomic E-state index is 0.00472. The van der Waals surface area contributed by atoms with Crippen molar-refractivity contribution in [1.29, 1.82) is 0 Å². The van der Waals surface area contributed by atoms with Crippen molar-refractivity contribution in [3.8, 4) is 5.75 Å². The minimum Gasteiger partial charge on any atom is -0.493 e. The van der Waals surface area contributed by atoms with Crippen LogP contribution in [0.3, 0.4) is 0 Å². The monoisotopic (exact) mass is 570 g/mol. The fraction of sp³-hybridized carbons (Fsp3) is 0.576. The number of nitrogens with one attached hydrogen (secondary N) is 1. The summed E-state index contributed by atoms with van der Waals surface area (Å²) in [5.41, 5.74) is 2.70. The summed E-state index contributed by atoms with van der Waals surface area (Å²) in [7, 11) is 0. The van der Waals surface area contributed by atoms with Gasteiger partial charge in [0.2, 0.25) is 5.91 Å². The van der Waals surface area contributed by atoms with Gasteiger partial charge in [-0.3, -0.25) is 9.59 Å². The van der Waals surface area contributed by atoms with Gasteiger partial charge in [-0.05, 0) is 66.7 Å². The van der Waals surface area contributed by atoms with Crippen molar-refractivity contribution >= 4 is 23.6 Å². The van der Waals surface area contributed by atoms with Crippen molar-refractivity contribution in [1.82, 2.24) is 10.2 Å². The number of benzene rings is 2. The van der Waals surface area contributed by atoms with Gasteiger partial charge in [0.05, 0.1) is 17.5 Å². The molecule has 7 heteroatoms. The number of thioether (sulfide) groups is 1. The van der Waals surface area contributed by atoms with E-state index in [1.54, 1.807) is 28.8 Å². The molecule has 0 spiro atoms. The second kappa shape index (κ2) is 13.9. The summed E-state index contributed by atoms with van der Waals surface area (Å²) in [5.74, 6) is 0.266. The highest BCUT2D eigenvalue weighted by Gasteiger charge is 2.41. The van der Waals surface area contributed by atoms with Crippen molar-refractivity contribution in [3.63, 3.8) is 0 Å². The molecular formula is C33H47FN2O3S. The highest BCUT2D eigenvalue weighted by atomic mass is 32.2. The lowest BCUT2D eigenvalue weighted by Crippen LogP contribution is -2.50. The summed E-state index contributed by atoms with van der Waals surface area (Å²) < 4.78 is 20.6. The number of halogens is 1. The summed E-state index contributed by atoms with van der Waals surface area (Å²) in [5, 5.41) is 2.85. The maximum Gasteiger partial charge on any atom is 0.258 e. The Morgan fingerprint density at radius 1 is 1.02 bits per heavy atom. The molecule has 1 N–H and O–H groups in total. The van der Waals surface area contributed by atoms with E-state index < -0.39 is 17.8 Å². The number of unbranched alkanes of at least 4 members (excludes halogenated alkanes) is 1. The van der Waals surface area contributed by atoms with E-state index in [-0.39, 0.29) is 27.7 Å². The molecule has 2 atom stereocenters. The standard InChI is InChI=1S/C33H47FN2O3S/c1-8-29-36(31(38)24-15-11-12-16-26(24)34)27(22-40-29)30(37)35-19-13-14-20-39-28-18-17-23(32(4,5)9-2)21-25(28)33(6,7)10-3/h11-12,15-18,21,27,29H,8-10,13-14,19-20,22H2,1-7H3,(H,35,37). The first-order chi connectivity index (χ1) is 19.0. The maximum absolute atomic E-state index is 14.3. The largest absolute Gasteiger partial charge is 0.493 e. The van der Waals surface area contributed by atoms with Crippen molar-refractivity contribution in [3.05, 3.63) is 65.0 Å². The number of carbonyl (C=O) groups is 2. The Balaban J connectivity index is 1.55. The molecule has 2 amide bonds. The van der Waals surface area contributed by atoms with Crippen LogP contribution in [-0.4, -0.2) is 47.0 Å². The van der Waals surface area contributed by atoms with Crippen molar-refractivity contribution in [2.75, 3.05) is 18.9 Å². The van der Waals surface area contributed by atoms with Crippen LogP contribution in [0.25, 0.3) is 0 Å². The number of rotatable bonds is 13. The lowest BCUT2D eigenvalue weighted by atomic mass is 9.76. The molecule has 3 rings (SSSR count). The Bertz CT molecular complexity index is 1170. The van der Waals surface area contributed by atoms with Gasteiger partial charge < -0.3 is 15.0 Å². The molecule has 0 saturated carbocycles. The van der Waals surface area contributed by atoms with Gasteiger partial charge in [-0.25, -0.2) is 4.39 Å². The Morgan fingerprint density at radius 3 is 2.38 bits per heavy atom. The Labute approximate surface area is 244 Å². The zero-order valence-corrected chi connectivity index (χ0v) is 26.1. The van der Waals surface area contributed by atoms with Crippen LogP contribution in [0.15, 0.2) is 42.5 Å². The smallest absolute Gasteiger partial charge is 0.258 e. The van der Waals surface area contributed by atoms with Gasteiger partial charge in [-0.15, -0.1) is 11.8 Å². The van der Waals surface area contributed by atoms with E-state index in [1.165, 1.54) is 23.3 Å². The summed E-state index contributed by atoms with van der Waals surface area (Å²) >= 11 is 1.57. The van der Waals surface area contributed by atoms with Gasteiger partial charge >= 0.3 is 0 Å². The van der Waals surface area contributed by atoms with Gasteiger partial charge in [0, 0.05) is 17.9 Å². The summed E-state index contributed by atoms with van der Waals surface area (Å²) in [6.45, 7) is 16.6. The highest BCUT2D eigenvalue weighted by Crippen LogP contribution is 2.38. The number of carbonyl (C=O) groups excluding carboxylic acids is 2. The SMILES string of the molecule is CCC1SCC(C(=O)NCCCCOc2ccc(C(C)(C)CC)cc2C(C)(C)CC)N1C(=O)c1ccccc1F. The number of hydrogen-bond acceptors (Lipinski definition) is 4. The average molecular weight is 571 g/mol. The molecule has 1 aliphatic heterocycles. The highest BCUT2D eigenvalue weighted by molar-refractivity contribution is 8.00. The molecule has 2 aromatic carbocycles. The van der Waals surface area contributed by atoms with Gasteiger partial charge in [0.1, 0.15) is 17.6 Å². The molecule has 0 aliphatic carbocycles. The molecule has 1 saturated heterocycles. The molecule has 1 heterocycles. The van der Waals surface area contributed by atoms with Crippen LogP contribution in [0.4, 0.5) is 4.39 Å². The zero-order valence-electron chi connectivity index (χ0n) is 25.3. The Morgan fingerprint density at radius 2 is 1.73 bits per heavy atom. The summed E-state index contributed by atoms with van der Waals surface area (Å²) in [6, 6.07) is 12.0. The zero-order chi connectivity index (χ0) is 29.5. The second-order valence-corrected chi connectivity index (χ2v) is 13.1. The maximum atomic E-state index is 14.3. The van der Waals surface area contributed by atoms with Crippen LogP contribution in [0.5, 0.6) is 5.75 Å².